The molecule has 0 saturated carbocycles. The predicted octanol–water partition coefficient (Wildman–Crippen LogP) is 3.43. The van der Waals surface area contributed by atoms with Gasteiger partial charge in [0.15, 0.2) is 0 Å². The highest BCUT2D eigenvalue weighted by molar-refractivity contribution is 6.30. The van der Waals surface area contributed by atoms with Crippen LogP contribution in [0.3, 0.4) is 0 Å². The molecule has 4 nitrogen and oxygen atoms in total. The SMILES string of the molecule is CC(CNC(=O)CCC1CCNCC1)Oc1cccc(Cl)c1.Cl. The van der Waals surface area contributed by atoms with Gasteiger partial charge in [-0.25, -0.2) is 0 Å². The smallest absolute Gasteiger partial charge is 0.220 e. The standard InChI is InChI=1S/C17H25ClN2O2.ClH/c1-13(22-16-4-2-3-15(18)11-16)12-20-17(21)6-5-14-7-9-19-10-8-14;/h2-4,11,13-14,19H,5-10,12H2,1H3,(H,20,21);1H. The molecule has 0 aromatic heterocycles. The number of piperidine rings is 1. The third-order valence-corrected chi connectivity index (χ3v) is 4.19. The Balaban J connectivity index is 0.00000264. The predicted molar refractivity (Wildman–Crippen MR) is 96.6 cm³/mol. The molecule has 1 aliphatic heterocycles. The van der Waals surface area contributed by atoms with Gasteiger partial charge in [0, 0.05) is 11.4 Å². The fourth-order valence-corrected chi connectivity index (χ4v) is 2.85. The Hall–Kier alpha value is -0.970. The van der Waals surface area contributed by atoms with Gasteiger partial charge in [-0.2, -0.15) is 0 Å². The minimum absolute atomic E-state index is 0. The van der Waals surface area contributed by atoms with Gasteiger partial charge < -0.3 is 15.4 Å². The number of benzene rings is 1. The van der Waals surface area contributed by atoms with E-state index in [0.717, 1.165) is 25.3 Å². The number of ether oxygens (including phenoxy) is 1. The Morgan fingerprint density at radius 2 is 2.17 bits per heavy atom. The number of nitrogens with one attached hydrogen (secondary N) is 2. The lowest BCUT2D eigenvalue weighted by atomic mass is 9.93. The maximum atomic E-state index is 11.9. The van der Waals surface area contributed by atoms with E-state index in [9.17, 15) is 4.79 Å². The van der Waals surface area contributed by atoms with Crippen molar-refractivity contribution in [3.05, 3.63) is 29.3 Å². The molecular formula is C17H26Cl2N2O2. The van der Waals surface area contributed by atoms with Gasteiger partial charge in [0.25, 0.3) is 0 Å². The van der Waals surface area contributed by atoms with Crippen molar-refractivity contribution in [1.82, 2.24) is 10.6 Å². The average molecular weight is 361 g/mol. The summed E-state index contributed by atoms with van der Waals surface area (Å²) in [5.74, 6) is 1.52. The molecule has 130 valence electrons. The van der Waals surface area contributed by atoms with Crippen LogP contribution in [0.5, 0.6) is 5.75 Å². The van der Waals surface area contributed by atoms with Crippen molar-refractivity contribution in [3.63, 3.8) is 0 Å². The van der Waals surface area contributed by atoms with Crippen LogP contribution in [-0.4, -0.2) is 31.6 Å². The molecule has 1 heterocycles. The average Bonchev–Trinajstić information content (AvgIpc) is 2.52. The third kappa shape index (κ3) is 7.91. The molecule has 1 fully saturated rings. The Bertz CT molecular complexity index is 479. The van der Waals surface area contributed by atoms with Gasteiger partial charge in [-0.15, -0.1) is 12.4 Å². The second-order valence-corrected chi connectivity index (χ2v) is 6.36. The summed E-state index contributed by atoms with van der Waals surface area (Å²) in [6.45, 7) is 4.61. The van der Waals surface area contributed by atoms with E-state index in [1.165, 1.54) is 12.8 Å². The Labute approximate surface area is 149 Å². The molecule has 0 bridgehead atoms. The van der Waals surface area contributed by atoms with E-state index < -0.39 is 0 Å². The molecule has 1 saturated heterocycles. The topological polar surface area (TPSA) is 50.4 Å². The van der Waals surface area contributed by atoms with Gasteiger partial charge in [0.2, 0.25) is 5.91 Å². The van der Waals surface area contributed by atoms with Crippen LogP contribution in [0.15, 0.2) is 24.3 Å². The van der Waals surface area contributed by atoms with Crippen molar-refractivity contribution in [2.75, 3.05) is 19.6 Å². The summed E-state index contributed by atoms with van der Waals surface area (Å²) in [6.07, 6.45) is 3.87. The number of halogens is 2. The van der Waals surface area contributed by atoms with E-state index in [2.05, 4.69) is 10.6 Å². The Kier molecular flexibility index (Phi) is 9.37. The van der Waals surface area contributed by atoms with Crippen molar-refractivity contribution >= 4 is 29.9 Å². The second kappa shape index (κ2) is 10.7. The van der Waals surface area contributed by atoms with Crippen LogP contribution in [0.2, 0.25) is 5.02 Å². The van der Waals surface area contributed by atoms with Gasteiger partial charge >= 0.3 is 0 Å². The fraction of sp³-hybridized carbons (Fsp3) is 0.588. The van der Waals surface area contributed by atoms with Gasteiger partial charge in [0.1, 0.15) is 11.9 Å². The Morgan fingerprint density at radius 3 is 2.87 bits per heavy atom. The maximum absolute atomic E-state index is 11.9. The molecule has 0 radical (unpaired) electrons. The first-order valence-corrected chi connectivity index (χ1v) is 8.41. The van der Waals surface area contributed by atoms with Gasteiger partial charge in [0.05, 0.1) is 6.54 Å². The molecular weight excluding hydrogens is 335 g/mol. The molecule has 1 aliphatic rings. The number of carbonyl (C=O) groups is 1. The molecule has 2 N–H and O–H groups in total. The van der Waals surface area contributed by atoms with Crippen LogP contribution in [-0.2, 0) is 4.79 Å². The summed E-state index contributed by atoms with van der Waals surface area (Å²) in [5.41, 5.74) is 0. The molecule has 1 amide bonds. The molecule has 6 heteroatoms. The number of rotatable bonds is 7. The van der Waals surface area contributed by atoms with E-state index in [0.29, 0.717) is 23.9 Å². The summed E-state index contributed by atoms with van der Waals surface area (Å²) in [6, 6.07) is 7.29. The molecule has 1 aromatic rings. The Morgan fingerprint density at radius 1 is 1.43 bits per heavy atom. The lowest BCUT2D eigenvalue weighted by Crippen LogP contribution is -2.34. The first-order valence-electron chi connectivity index (χ1n) is 8.03. The molecule has 0 aliphatic carbocycles. The summed E-state index contributed by atoms with van der Waals surface area (Å²) in [7, 11) is 0. The highest BCUT2D eigenvalue weighted by Crippen LogP contribution is 2.19. The first-order chi connectivity index (χ1) is 10.6. The minimum Gasteiger partial charge on any atom is -0.489 e. The summed E-state index contributed by atoms with van der Waals surface area (Å²) in [4.78, 5) is 11.9. The van der Waals surface area contributed by atoms with Crippen LogP contribution in [0.1, 0.15) is 32.6 Å². The van der Waals surface area contributed by atoms with E-state index in [4.69, 9.17) is 16.3 Å². The molecule has 1 aromatic carbocycles. The van der Waals surface area contributed by atoms with Crippen LogP contribution in [0, 0.1) is 5.92 Å². The second-order valence-electron chi connectivity index (χ2n) is 5.92. The van der Waals surface area contributed by atoms with Crippen molar-refractivity contribution in [2.45, 2.75) is 38.7 Å². The minimum atomic E-state index is -0.0821. The maximum Gasteiger partial charge on any atom is 0.220 e. The number of amides is 1. The van der Waals surface area contributed by atoms with Crippen molar-refractivity contribution in [3.8, 4) is 5.75 Å². The largest absolute Gasteiger partial charge is 0.489 e. The summed E-state index contributed by atoms with van der Waals surface area (Å²) >= 11 is 5.92. The lowest BCUT2D eigenvalue weighted by Gasteiger charge is -2.22. The third-order valence-electron chi connectivity index (χ3n) is 3.96. The number of hydrogen-bond acceptors (Lipinski definition) is 3. The van der Waals surface area contributed by atoms with Gasteiger partial charge in [-0.3, -0.25) is 4.79 Å². The van der Waals surface area contributed by atoms with Gasteiger partial charge in [-0.05, 0) is 63.4 Å². The van der Waals surface area contributed by atoms with Gasteiger partial charge in [-0.1, -0.05) is 17.7 Å². The van der Waals surface area contributed by atoms with Crippen LogP contribution in [0.4, 0.5) is 0 Å². The van der Waals surface area contributed by atoms with Crippen LogP contribution < -0.4 is 15.4 Å². The van der Waals surface area contributed by atoms with E-state index in [1.54, 1.807) is 6.07 Å². The summed E-state index contributed by atoms with van der Waals surface area (Å²) in [5, 5.41) is 6.94. The van der Waals surface area contributed by atoms with Crippen LogP contribution >= 0.6 is 24.0 Å². The number of carbonyl (C=O) groups excluding carboxylic acids is 1. The lowest BCUT2D eigenvalue weighted by molar-refractivity contribution is -0.121. The van der Waals surface area contributed by atoms with Crippen LogP contribution in [0.25, 0.3) is 0 Å². The zero-order chi connectivity index (χ0) is 15.8. The molecule has 0 spiro atoms. The van der Waals surface area contributed by atoms with Crippen molar-refractivity contribution in [1.29, 1.82) is 0 Å². The number of hydrogen-bond donors (Lipinski definition) is 2. The van der Waals surface area contributed by atoms with E-state index in [1.807, 2.05) is 25.1 Å². The highest BCUT2D eigenvalue weighted by Gasteiger charge is 2.15. The summed E-state index contributed by atoms with van der Waals surface area (Å²) < 4.78 is 5.73. The van der Waals surface area contributed by atoms with E-state index in [-0.39, 0.29) is 24.4 Å². The van der Waals surface area contributed by atoms with Crippen molar-refractivity contribution in [2.24, 2.45) is 5.92 Å². The molecule has 1 unspecified atom stereocenters. The zero-order valence-electron chi connectivity index (χ0n) is 13.5. The van der Waals surface area contributed by atoms with E-state index >= 15 is 0 Å². The molecule has 23 heavy (non-hydrogen) atoms. The first kappa shape index (κ1) is 20.1. The quantitative estimate of drug-likeness (QED) is 0.782. The zero-order valence-corrected chi connectivity index (χ0v) is 15.1. The fourth-order valence-electron chi connectivity index (χ4n) is 2.67. The highest BCUT2D eigenvalue weighted by atomic mass is 35.5. The van der Waals surface area contributed by atoms with Crippen molar-refractivity contribution < 1.29 is 9.53 Å². The monoisotopic (exact) mass is 360 g/mol. The molecule has 2 rings (SSSR count). The normalized spacial score (nSPS) is 16.3. The molecule has 1 atom stereocenters.